The topological polar surface area (TPSA) is 32.3 Å². The first-order valence-electron chi connectivity index (χ1n) is 6.49. The Hall–Kier alpha value is -1.61. The van der Waals surface area contributed by atoms with Crippen molar-refractivity contribution in [2.45, 2.75) is 18.9 Å². The highest BCUT2D eigenvalue weighted by Gasteiger charge is 2.20. The Bertz CT molecular complexity index is 414. The Labute approximate surface area is 108 Å². The van der Waals surface area contributed by atoms with Gasteiger partial charge >= 0.3 is 0 Å². The number of benzene rings is 1. The van der Waals surface area contributed by atoms with Crippen LogP contribution in [0.5, 0.6) is 0 Å². The van der Waals surface area contributed by atoms with Crippen molar-refractivity contribution in [3.63, 3.8) is 0 Å². The summed E-state index contributed by atoms with van der Waals surface area (Å²) >= 11 is 0. The number of carbonyl (C=O) groups is 1. The predicted octanol–water partition coefficient (Wildman–Crippen LogP) is 1.91. The summed E-state index contributed by atoms with van der Waals surface area (Å²) in [5.41, 5.74) is 1.06. The molecule has 1 heterocycles. The first-order chi connectivity index (χ1) is 8.79. The van der Waals surface area contributed by atoms with E-state index in [0.717, 1.165) is 31.5 Å². The van der Waals surface area contributed by atoms with Crippen LogP contribution in [0.4, 0.5) is 0 Å². The van der Waals surface area contributed by atoms with E-state index in [1.165, 1.54) is 0 Å². The van der Waals surface area contributed by atoms with Crippen LogP contribution in [-0.2, 0) is 4.79 Å². The van der Waals surface area contributed by atoms with Crippen LogP contribution in [0.1, 0.15) is 18.4 Å². The van der Waals surface area contributed by atoms with Crippen molar-refractivity contribution in [2.75, 3.05) is 20.1 Å². The first kappa shape index (κ1) is 12.8. The molecule has 3 heteroatoms. The number of likely N-dealkylation sites (N-methyl/N-ethyl adjacent to an activating group) is 1. The van der Waals surface area contributed by atoms with E-state index in [2.05, 4.69) is 5.32 Å². The smallest absolute Gasteiger partial charge is 0.246 e. The van der Waals surface area contributed by atoms with Gasteiger partial charge in [-0.15, -0.1) is 0 Å². The summed E-state index contributed by atoms with van der Waals surface area (Å²) in [5.74, 6) is 0.110. The van der Waals surface area contributed by atoms with E-state index >= 15 is 0 Å². The fraction of sp³-hybridized carbons (Fsp3) is 0.400. The Morgan fingerprint density at radius 2 is 2.17 bits per heavy atom. The molecule has 0 spiro atoms. The maximum Gasteiger partial charge on any atom is 0.246 e. The van der Waals surface area contributed by atoms with Crippen LogP contribution in [0.2, 0.25) is 0 Å². The van der Waals surface area contributed by atoms with Crippen LogP contribution >= 0.6 is 0 Å². The molecule has 1 aliphatic rings. The SMILES string of the molecule is CNC1CCCN(C(=O)/C=C/c2ccccc2)C1. The summed E-state index contributed by atoms with van der Waals surface area (Å²) in [4.78, 5) is 14.0. The molecule has 0 bridgehead atoms. The number of carbonyl (C=O) groups excluding carboxylic acids is 1. The van der Waals surface area contributed by atoms with Crippen LogP contribution in [0.3, 0.4) is 0 Å². The van der Waals surface area contributed by atoms with Crippen LogP contribution < -0.4 is 5.32 Å². The van der Waals surface area contributed by atoms with Crippen molar-refractivity contribution in [3.05, 3.63) is 42.0 Å². The number of hydrogen-bond donors (Lipinski definition) is 1. The molecular weight excluding hydrogens is 224 g/mol. The molecule has 1 fully saturated rings. The lowest BCUT2D eigenvalue weighted by Crippen LogP contribution is -2.46. The molecule has 1 aliphatic heterocycles. The van der Waals surface area contributed by atoms with Gasteiger partial charge in [0.2, 0.25) is 5.91 Å². The molecule has 1 amide bonds. The Balaban J connectivity index is 1.93. The lowest BCUT2D eigenvalue weighted by atomic mass is 10.1. The minimum Gasteiger partial charge on any atom is -0.338 e. The van der Waals surface area contributed by atoms with Gasteiger partial charge < -0.3 is 10.2 Å². The number of piperidine rings is 1. The van der Waals surface area contributed by atoms with E-state index in [4.69, 9.17) is 0 Å². The van der Waals surface area contributed by atoms with E-state index in [0.29, 0.717) is 6.04 Å². The largest absolute Gasteiger partial charge is 0.338 e. The second-order valence-corrected chi connectivity index (χ2v) is 4.66. The molecule has 1 unspecified atom stereocenters. The fourth-order valence-electron chi connectivity index (χ4n) is 2.25. The molecule has 1 aromatic rings. The van der Waals surface area contributed by atoms with Crippen molar-refractivity contribution in [1.82, 2.24) is 10.2 Å². The zero-order chi connectivity index (χ0) is 12.8. The Morgan fingerprint density at radius 1 is 1.39 bits per heavy atom. The molecule has 1 saturated heterocycles. The van der Waals surface area contributed by atoms with Crippen LogP contribution in [0.15, 0.2) is 36.4 Å². The van der Waals surface area contributed by atoms with E-state index in [9.17, 15) is 4.79 Å². The molecule has 2 rings (SSSR count). The molecule has 0 aromatic heterocycles. The second kappa shape index (κ2) is 6.36. The van der Waals surface area contributed by atoms with Gasteiger partial charge in [-0.1, -0.05) is 30.3 Å². The maximum atomic E-state index is 12.0. The molecule has 96 valence electrons. The normalized spacial score (nSPS) is 20.3. The third-order valence-electron chi connectivity index (χ3n) is 3.36. The van der Waals surface area contributed by atoms with E-state index in [-0.39, 0.29) is 5.91 Å². The molecular formula is C15H20N2O. The zero-order valence-corrected chi connectivity index (χ0v) is 10.8. The van der Waals surface area contributed by atoms with Crippen molar-refractivity contribution in [3.8, 4) is 0 Å². The van der Waals surface area contributed by atoms with Gasteiger partial charge in [-0.2, -0.15) is 0 Å². The third-order valence-corrected chi connectivity index (χ3v) is 3.36. The van der Waals surface area contributed by atoms with Gasteiger partial charge in [0, 0.05) is 25.2 Å². The van der Waals surface area contributed by atoms with E-state index in [1.807, 2.05) is 48.4 Å². The summed E-state index contributed by atoms with van der Waals surface area (Å²) in [6.07, 6.45) is 5.79. The molecule has 1 aromatic carbocycles. The number of likely N-dealkylation sites (tertiary alicyclic amines) is 1. The average molecular weight is 244 g/mol. The summed E-state index contributed by atoms with van der Waals surface area (Å²) in [6, 6.07) is 10.4. The highest BCUT2D eigenvalue weighted by Crippen LogP contribution is 2.11. The standard InChI is InChI=1S/C15H20N2O/c1-16-14-8-5-11-17(12-14)15(18)10-9-13-6-3-2-4-7-13/h2-4,6-7,9-10,14,16H,5,8,11-12H2,1H3/b10-9+. The summed E-state index contributed by atoms with van der Waals surface area (Å²) in [6.45, 7) is 1.69. The molecule has 0 aliphatic carbocycles. The molecule has 0 saturated carbocycles. The highest BCUT2D eigenvalue weighted by molar-refractivity contribution is 5.91. The summed E-state index contributed by atoms with van der Waals surface area (Å²) in [5, 5.41) is 3.24. The third kappa shape index (κ3) is 3.44. The van der Waals surface area contributed by atoms with Gasteiger partial charge in [0.15, 0.2) is 0 Å². The van der Waals surface area contributed by atoms with Crippen LogP contribution in [-0.4, -0.2) is 37.0 Å². The number of nitrogens with one attached hydrogen (secondary N) is 1. The van der Waals surface area contributed by atoms with Gasteiger partial charge in [-0.05, 0) is 31.5 Å². The van der Waals surface area contributed by atoms with E-state index in [1.54, 1.807) is 6.08 Å². The van der Waals surface area contributed by atoms with Crippen LogP contribution in [0.25, 0.3) is 6.08 Å². The number of nitrogens with zero attached hydrogens (tertiary/aromatic N) is 1. The first-order valence-corrected chi connectivity index (χ1v) is 6.49. The van der Waals surface area contributed by atoms with E-state index < -0.39 is 0 Å². The summed E-state index contributed by atoms with van der Waals surface area (Å²) in [7, 11) is 1.96. The van der Waals surface area contributed by atoms with Gasteiger partial charge in [0.1, 0.15) is 0 Å². The zero-order valence-electron chi connectivity index (χ0n) is 10.8. The molecule has 1 N–H and O–H groups in total. The highest BCUT2D eigenvalue weighted by atomic mass is 16.2. The number of rotatable bonds is 3. The van der Waals surface area contributed by atoms with Gasteiger partial charge in [0.25, 0.3) is 0 Å². The summed E-state index contributed by atoms with van der Waals surface area (Å²) < 4.78 is 0. The molecule has 18 heavy (non-hydrogen) atoms. The molecule has 3 nitrogen and oxygen atoms in total. The second-order valence-electron chi connectivity index (χ2n) is 4.66. The fourth-order valence-corrected chi connectivity index (χ4v) is 2.25. The minimum atomic E-state index is 0.110. The van der Waals surface area contributed by atoms with Crippen LogP contribution in [0, 0.1) is 0 Å². The number of amides is 1. The monoisotopic (exact) mass is 244 g/mol. The van der Waals surface area contributed by atoms with Crippen molar-refractivity contribution >= 4 is 12.0 Å². The molecule has 1 atom stereocenters. The van der Waals surface area contributed by atoms with Gasteiger partial charge in [0.05, 0.1) is 0 Å². The van der Waals surface area contributed by atoms with Crippen molar-refractivity contribution < 1.29 is 4.79 Å². The lowest BCUT2D eigenvalue weighted by molar-refractivity contribution is -0.127. The maximum absolute atomic E-state index is 12.0. The average Bonchev–Trinajstić information content (AvgIpc) is 2.46. The van der Waals surface area contributed by atoms with Gasteiger partial charge in [-0.25, -0.2) is 0 Å². The number of hydrogen-bond acceptors (Lipinski definition) is 2. The Kier molecular flexibility index (Phi) is 4.53. The van der Waals surface area contributed by atoms with Crippen molar-refractivity contribution in [2.24, 2.45) is 0 Å². The predicted molar refractivity (Wildman–Crippen MR) is 74.1 cm³/mol. The lowest BCUT2D eigenvalue weighted by Gasteiger charge is -2.31. The van der Waals surface area contributed by atoms with Crippen molar-refractivity contribution in [1.29, 1.82) is 0 Å². The Morgan fingerprint density at radius 3 is 2.89 bits per heavy atom. The van der Waals surface area contributed by atoms with Gasteiger partial charge in [-0.3, -0.25) is 4.79 Å². The molecule has 0 radical (unpaired) electrons. The quantitative estimate of drug-likeness (QED) is 0.824. The minimum absolute atomic E-state index is 0.110.